The Kier molecular flexibility index (Phi) is 7.91. The number of rotatable bonds is 6. The minimum Gasteiger partial charge on any atom is -0.294 e. The fourth-order valence-corrected chi connectivity index (χ4v) is 5.86. The minimum atomic E-state index is -4.97. The molecule has 0 N–H and O–H groups in total. The van der Waals surface area contributed by atoms with Gasteiger partial charge in [-0.25, -0.2) is 8.42 Å². The monoisotopic (exact) mass is 578 g/mol. The summed E-state index contributed by atoms with van der Waals surface area (Å²) in [4.78, 5) is 12.4. The van der Waals surface area contributed by atoms with Crippen LogP contribution < -0.4 is 0 Å². The predicted octanol–water partition coefficient (Wildman–Crippen LogP) is 7.64. The number of hydrogen-bond acceptors (Lipinski definition) is 3. The highest BCUT2D eigenvalue weighted by atomic mass is 35.5. The maximum Gasteiger partial charge on any atom is 0.417 e. The second-order valence-corrected chi connectivity index (χ2v) is 11.4. The third-order valence-corrected chi connectivity index (χ3v) is 8.46. The van der Waals surface area contributed by atoms with Gasteiger partial charge in [0.15, 0.2) is 15.6 Å². The zero-order valence-electron chi connectivity index (χ0n) is 17.4. The molecule has 3 nitrogen and oxygen atoms in total. The summed E-state index contributed by atoms with van der Waals surface area (Å²) in [6, 6.07) is 4.43. The Hall–Kier alpha value is -1.75. The van der Waals surface area contributed by atoms with Crippen LogP contribution in [0.5, 0.6) is 0 Å². The molecule has 1 heterocycles. The molecule has 0 aromatic heterocycles. The topological polar surface area (TPSA) is 51.2 Å². The summed E-state index contributed by atoms with van der Waals surface area (Å²) in [6.07, 6.45) is -8.70. The van der Waals surface area contributed by atoms with Crippen molar-refractivity contribution in [1.82, 2.24) is 0 Å². The normalized spacial score (nSPS) is 17.4. The van der Waals surface area contributed by atoms with Crippen molar-refractivity contribution in [3.8, 4) is 0 Å². The van der Waals surface area contributed by atoms with Crippen LogP contribution in [0.2, 0.25) is 15.1 Å². The number of Topliss-reactive ketones (excluding diaryl/α,β-unsaturated/α-hetero) is 1. The van der Waals surface area contributed by atoms with Crippen molar-refractivity contribution < 1.29 is 39.6 Å². The van der Waals surface area contributed by atoms with Crippen molar-refractivity contribution in [3.05, 3.63) is 73.7 Å². The molecule has 0 bridgehead atoms. The maximum atomic E-state index is 13.7. The van der Waals surface area contributed by atoms with Gasteiger partial charge in [0.25, 0.3) is 0 Å². The van der Waals surface area contributed by atoms with E-state index in [1.807, 2.05) is 0 Å². The molecule has 0 amide bonds. The van der Waals surface area contributed by atoms with Crippen LogP contribution >= 0.6 is 34.8 Å². The van der Waals surface area contributed by atoms with Gasteiger partial charge in [-0.3, -0.25) is 4.79 Å². The van der Waals surface area contributed by atoms with Crippen LogP contribution in [0.1, 0.15) is 39.4 Å². The largest absolute Gasteiger partial charge is 0.417 e. The number of sulfone groups is 1. The van der Waals surface area contributed by atoms with E-state index in [9.17, 15) is 39.6 Å². The second-order valence-electron chi connectivity index (χ2n) is 8.05. The first-order valence-corrected chi connectivity index (χ1v) is 12.8. The molecule has 1 unspecified atom stereocenters. The number of alkyl halides is 6. The molecule has 0 saturated carbocycles. The molecule has 2 aromatic rings. The highest BCUT2D eigenvalue weighted by Gasteiger charge is 2.40. The lowest BCUT2D eigenvalue weighted by atomic mass is 9.93. The molecule has 1 saturated heterocycles. The standard InChI is InChI=1S/C22H15Cl3F6O3S/c23-17-7-13(8-18(24)20(17)25)15(21(26,27)28)4-2-11-1-3-14(16(5-11)22(29,30)31)19(32)6-12-9-35(33,34)10-12/h1-5,7-8,12,15H,6,9-10H2/b4-2+. The molecular weight excluding hydrogens is 565 g/mol. The van der Waals surface area contributed by atoms with Gasteiger partial charge in [0.2, 0.25) is 0 Å². The number of allylic oxidation sites excluding steroid dienone is 1. The van der Waals surface area contributed by atoms with Gasteiger partial charge in [-0.05, 0) is 35.2 Å². The van der Waals surface area contributed by atoms with Crippen LogP contribution in [-0.4, -0.2) is 31.9 Å². The Morgan fingerprint density at radius 2 is 1.57 bits per heavy atom. The molecule has 1 fully saturated rings. The lowest BCUT2D eigenvalue weighted by molar-refractivity contribution is -0.139. The number of halogens is 9. The van der Waals surface area contributed by atoms with Crippen molar-refractivity contribution >= 4 is 56.5 Å². The summed E-state index contributed by atoms with van der Waals surface area (Å²) in [7, 11) is -3.26. The van der Waals surface area contributed by atoms with Crippen molar-refractivity contribution in [3.63, 3.8) is 0 Å². The SMILES string of the molecule is O=C(CC1CS(=O)(=O)C1)c1ccc(/C=C/C(c2cc(Cl)c(Cl)c(Cl)c2)C(F)(F)F)cc1C(F)(F)F. The van der Waals surface area contributed by atoms with Crippen molar-refractivity contribution in [2.45, 2.75) is 24.7 Å². The van der Waals surface area contributed by atoms with Crippen LogP contribution in [0.15, 0.2) is 36.4 Å². The summed E-state index contributed by atoms with van der Waals surface area (Å²) in [6.45, 7) is 0. The first kappa shape index (κ1) is 27.8. The third kappa shape index (κ3) is 6.72. The number of benzene rings is 2. The van der Waals surface area contributed by atoms with Crippen LogP contribution in [0.4, 0.5) is 26.3 Å². The molecule has 0 spiro atoms. The zero-order chi connectivity index (χ0) is 26.3. The van der Waals surface area contributed by atoms with Gasteiger partial charge >= 0.3 is 12.4 Å². The van der Waals surface area contributed by atoms with Crippen molar-refractivity contribution in [2.75, 3.05) is 11.5 Å². The van der Waals surface area contributed by atoms with Crippen LogP contribution in [0.3, 0.4) is 0 Å². The highest BCUT2D eigenvalue weighted by Crippen LogP contribution is 2.41. The van der Waals surface area contributed by atoms with Gasteiger partial charge in [0.1, 0.15) is 0 Å². The van der Waals surface area contributed by atoms with Gasteiger partial charge in [-0.15, -0.1) is 0 Å². The number of ketones is 1. The number of carbonyl (C=O) groups is 1. The molecule has 190 valence electrons. The average Bonchev–Trinajstić information content (AvgIpc) is 2.69. The molecule has 0 radical (unpaired) electrons. The number of hydrogen-bond donors (Lipinski definition) is 0. The van der Waals surface area contributed by atoms with Crippen molar-refractivity contribution in [2.24, 2.45) is 5.92 Å². The van der Waals surface area contributed by atoms with Gasteiger partial charge < -0.3 is 0 Å². The smallest absolute Gasteiger partial charge is 0.294 e. The lowest BCUT2D eigenvalue weighted by Gasteiger charge is -2.25. The lowest BCUT2D eigenvalue weighted by Crippen LogP contribution is -2.37. The van der Waals surface area contributed by atoms with E-state index < -0.39 is 50.9 Å². The quantitative estimate of drug-likeness (QED) is 0.201. The molecule has 1 aliphatic heterocycles. The average molecular weight is 580 g/mol. The summed E-state index contributed by atoms with van der Waals surface area (Å²) in [5.74, 6) is -4.28. The van der Waals surface area contributed by atoms with Crippen molar-refractivity contribution in [1.29, 1.82) is 0 Å². The summed E-state index contributed by atoms with van der Waals surface area (Å²) >= 11 is 17.4. The van der Waals surface area contributed by atoms with Crippen LogP contribution in [0.25, 0.3) is 6.08 Å². The maximum absolute atomic E-state index is 13.7. The fraction of sp³-hybridized carbons (Fsp3) is 0.318. The number of carbonyl (C=O) groups excluding carboxylic acids is 1. The van der Waals surface area contributed by atoms with E-state index in [1.165, 1.54) is 0 Å². The summed E-state index contributed by atoms with van der Waals surface area (Å²) in [5, 5.41) is -0.590. The van der Waals surface area contributed by atoms with Gasteiger partial charge in [-0.2, -0.15) is 26.3 Å². The molecule has 2 aromatic carbocycles. The Morgan fingerprint density at radius 3 is 2.06 bits per heavy atom. The fourth-order valence-electron chi connectivity index (χ4n) is 3.67. The summed E-state index contributed by atoms with van der Waals surface area (Å²) in [5.41, 5.74) is -2.61. The first-order chi connectivity index (χ1) is 16.0. The van der Waals surface area contributed by atoms with Gasteiger partial charge in [0.05, 0.1) is 38.1 Å². The Bertz CT molecular complexity index is 1250. The van der Waals surface area contributed by atoms with Crippen LogP contribution in [-0.2, 0) is 16.0 Å². The van der Waals surface area contributed by atoms with Gasteiger partial charge in [-0.1, -0.05) is 59.1 Å². The third-order valence-electron chi connectivity index (χ3n) is 5.30. The predicted molar refractivity (Wildman–Crippen MR) is 122 cm³/mol. The van der Waals surface area contributed by atoms with E-state index in [4.69, 9.17) is 34.8 Å². The van der Waals surface area contributed by atoms with Gasteiger partial charge in [0, 0.05) is 12.0 Å². The Balaban J connectivity index is 1.93. The van der Waals surface area contributed by atoms with E-state index in [0.717, 1.165) is 30.3 Å². The van der Waals surface area contributed by atoms with E-state index in [-0.39, 0.29) is 44.1 Å². The summed E-state index contributed by atoms with van der Waals surface area (Å²) < 4.78 is 104. The second kappa shape index (κ2) is 9.95. The van der Waals surface area contributed by atoms with E-state index in [1.54, 1.807) is 0 Å². The molecular formula is C22H15Cl3F6O3S. The van der Waals surface area contributed by atoms with E-state index in [2.05, 4.69) is 0 Å². The van der Waals surface area contributed by atoms with E-state index in [0.29, 0.717) is 12.1 Å². The molecule has 1 aliphatic rings. The molecule has 0 aliphatic carbocycles. The highest BCUT2D eigenvalue weighted by molar-refractivity contribution is 7.92. The van der Waals surface area contributed by atoms with E-state index >= 15 is 0 Å². The molecule has 3 rings (SSSR count). The van der Waals surface area contributed by atoms with Crippen LogP contribution in [0, 0.1) is 5.92 Å². The molecule has 13 heteroatoms. The Morgan fingerprint density at radius 1 is 1.00 bits per heavy atom. The molecule has 35 heavy (non-hydrogen) atoms. The zero-order valence-corrected chi connectivity index (χ0v) is 20.4. The Labute approximate surface area is 211 Å². The minimum absolute atomic E-state index is 0.142. The molecule has 1 atom stereocenters. The first-order valence-electron chi connectivity index (χ1n) is 9.82.